The molecule has 0 spiro atoms. The molecule has 6 saturated heterocycles. The van der Waals surface area contributed by atoms with Crippen molar-refractivity contribution >= 4 is 75.5 Å². The lowest BCUT2D eigenvalue weighted by Gasteiger charge is -2.38. The number of rotatable bonds is 16. The summed E-state index contributed by atoms with van der Waals surface area (Å²) >= 11 is 0. The highest BCUT2D eigenvalue weighted by atomic mass is 16.6. The number of piperidine rings is 2. The fourth-order valence-electron chi connectivity index (χ4n) is 13.2. The molecule has 22 heteroatoms. The summed E-state index contributed by atoms with van der Waals surface area (Å²) in [5.74, 6) is -0.0315. The molecule has 0 unspecified atom stereocenters. The van der Waals surface area contributed by atoms with Gasteiger partial charge in [0.1, 0.15) is 5.60 Å². The van der Waals surface area contributed by atoms with Gasteiger partial charge in [0.15, 0.2) is 0 Å². The van der Waals surface area contributed by atoms with E-state index in [4.69, 9.17) is 23.7 Å². The van der Waals surface area contributed by atoms with Crippen molar-refractivity contribution in [3.63, 3.8) is 0 Å². The molecule has 22 nitrogen and oxygen atoms in total. The van der Waals surface area contributed by atoms with Crippen LogP contribution in [0.5, 0.6) is 0 Å². The van der Waals surface area contributed by atoms with Gasteiger partial charge in [-0.05, 0) is 191 Å². The molecule has 0 aliphatic carbocycles. The molecule has 0 atom stereocenters. The molecular weight excluding hydrogens is 1230 g/mol. The molecule has 516 valence electrons. The normalized spacial score (nSPS) is 17.3. The third-order valence-electron chi connectivity index (χ3n) is 18.5. The van der Waals surface area contributed by atoms with Crippen LogP contribution in [0.15, 0.2) is 133 Å². The summed E-state index contributed by atoms with van der Waals surface area (Å²) in [6.45, 7) is 26.5. The van der Waals surface area contributed by atoms with E-state index in [0.29, 0.717) is 72.4 Å². The zero-order valence-corrected chi connectivity index (χ0v) is 57.0. The number of nitrogens with one attached hydrogen (secondary N) is 5. The first-order valence-corrected chi connectivity index (χ1v) is 34.6. The Morgan fingerprint density at radius 1 is 0.423 bits per heavy atom. The maximum Gasteiger partial charge on any atom is 0.410 e. The van der Waals surface area contributed by atoms with Gasteiger partial charge in [-0.3, -0.25) is 9.59 Å². The minimum atomic E-state index is -0.555. The van der Waals surface area contributed by atoms with Crippen molar-refractivity contribution in [1.29, 1.82) is 0 Å². The Morgan fingerprint density at radius 3 is 1.03 bits per heavy atom. The molecule has 0 aromatic heterocycles. The quantitative estimate of drug-likeness (QED) is 0.0609. The van der Waals surface area contributed by atoms with Crippen LogP contribution < -0.4 is 46.2 Å². The summed E-state index contributed by atoms with van der Waals surface area (Å²) in [5, 5.41) is 15.0. The van der Waals surface area contributed by atoms with Crippen molar-refractivity contribution < 1.29 is 47.7 Å². The van der Waals surface area contributed by atoms with Crippen molar-refractivity contribution in [2.24, 2.45) is 0 Å². The average Bonchev–Trinajstić information content (AvgIpc) is 0.848. The lowest BCUT2D eigenvalue weighted by Crippen LogP contribution is -2.49. The fraction of sp³-hybridized carbons (Fsp3) is 0.453. The number of nitrogens with zero attached hydrogens (tertiary/aromatic N) is 7. The zero-order valence-electron chi connectivity index (χ0n) is 57.0. The molecule has 6 fully saturated rings. The van der Waals surface area contributed by atoms with Gasteiger partial charge in [0, 0.05) is 154 Å². The van der Waals surface area contributed by atoms with Crippen molar-refractivity contribution in [3.8, 4) is 22.3 Å². The van der Waals surface area contributed by atoms with Crippen molar-refractivity contribution in [2.45, 2.75) is 78.0 Å². The second kappa shape index (κ2) is 33.4. The number of amides is 7. The first-order chi connectivity index (χ1) is 47.1. The van der Waals surface area contributed by atoms with Gasteiger partial charge < -0.3 is 84.6 Å². The molecule has 0 saturated carbocycles. The predicted molar refractivity (Wildman–Crippen MR) is 384 cm³/mol. The van der Waals surface area contributed by atoms with Crippen LogP contribution in [0.3, 0.4) is 0 Å². The van der Waals surface area contributed by atoms with Gasteiger partial charge in [0.05, 0.1) is 52.9 Å². The van der Waals surface area contributed by atoms with Gasteiger partial charge in [0.25, 0.3) is 11.8 Å². The molecule has 6 aromatic rings. The first-order valence-electron chi connectivity index (χ1n) is 34.6. The van der Waals surface area contributed by atoms with E-state index < -0.39 is 5.60 Å². The highest BCUT2D eigenvalue weighted by Crippen LogP contribution is 2.35. The number of ether oxygens (including phenoxy) is 5. The van der Waals surface area contributed by atoms with E-state index in [1.807, 2.05) is 86.0 Å². The van der Waals surface area contributed by atoms with E-state index in [1.165, 1.54) is 22.7 Å². The largest absolute Gasteiger partial charge is 0.444 e. The number of likely N-dealkylation sites (tertiary alicyclic amines) is 2. The average molecular weight is 1330 g/mol. The zero-order chi connectivity index (χ0) is 67.7. The second-order valence-electron chi connectivity index (χ2n) is 26.3. The lowest BCUT2D eigenvalue weighted by atomic mass is 10.0. The van der Waals surface area contributed by atoms with Crippen LogP contribution in [0.1, 0.15) is 81.0 Å². The Hall–Kier alpha value is -8.93. The highest BCUT2D eigenvalue weighted by molar-refractivity contribution is 6.02. The molecule has 0 bridgehead atoms. The second-order valence-corrected chi connectivity index (χ2v) is 26.3. The van der Waals surface area contributed by atoms with Crippen LogP contribution >= 0.6 is 0 Å². The van der Waals surface area contributed by atoms with E-state index in [1.54, 1.807) is 53.4 Å². The van der Waals surface area contributed by atoms with Gasteiger partial charge >= 0.3 is 18.2 Å². The van der Waals surface area contributed by atoms with Crippen LogP contribution in [0.4, 0.5) is 59.9 Å². The lowest BCUT2D eigenvalue weighted by molar-refractivity contribution is 0.0101. The summed E-state index contributed by atoms with van der Waals surface area (Å²) in [4.78, 5) is 79.6. The topological polar surface area (TPSA) is 214 Å². The maximum atomic E-state index is 13.3. The summed E-state index contributed by atoms with van der Waals surface area (Å²) in [6, 6.07) is 43.1. The molecule has 6 heterocycles. The molecule has 97 heavy (non-hydrogen) atoms. The van der Waals surface area contributed by atoms with Crippen molar-refractivity contribution in [2.75, 3.05) is 185 Å². The van der Waals surface area contributed by atoms with Gasteiger partial charge in [-0.1, -0.05) is 31.2 Å². The number of hydrogen-bond donors (Lipinski definition) is 5. The molecule has 0 radical (unpaired) electrons. The number of carbonyl (C=O) groups excluding carboxylic acids is 5. The van der Waals surface area contributed by atoms with E-state index in [0.717, 1.165) is 160 Å². The molecule has 6 aliphatic heterocycles. The Labute approximate surface area is 570 Å². The Morgan fingerprint density at radius 2 is 0.732 bits per heavy atom. The number of anilines is 8. The predicted octanol–water partition coefficient (Wildman–Crippen LogP) is 11.4. The van der Waals surface area contributed by atoms with Crippen LogP contribution in [0.2, 0.25) is 0 Å². The third-order valence-corrected chi connectivity index (χ3v) is 18.5. The fourth-order valence-corrected chi connectivity index (χ4v) is 13.2. The third kappa shape index (κ3) is 19.2. The van der Waals surface area contributed by atoms with Gasteiger partial charge in [-0.15, -0.1) is 0 Å². The Kier molecular flexibility index (Phi) is 23.9. The van der Waals surface area contributed by atoms with Crippen molar-refractivity contribution in [1.82, 2.24) is 20.0 Å². The minimum absolute atomic E-state index is 0.0324. The smallest absolute Gasteiger partial charge is 0.410 e. The van der Waals surface area contributed by atoms with Crippen LogP contribution in [0, 0.1) is 0 Å². The number of morpholine rings is 4. The number of benzene rings is 6. The van der Waals surface area contributed by atoms with Gasteiger partial charge in [0.2, 0.25) is 0 Å². The van der Waals surface area contributed by atoms with E-state index in [9.17, 15) is 24.0 Å². The monoisotopic (exact) mass is 1320 g/mol. The van der Waals surface area contributed by atoms with Gasteiger partial charge in [-0.2, -0.15) is 0 Å². The molecule has 7 amide bonds. The number of hydrogen-bond acceptors (Lipinski definition) is 15. The van der Waals surface area contributed by atoms with E-state index >= 15 is 0 Å². The van der Waals surface area contributed by atoms with E-state index in [2.05, 4.69) is 89.5 Å². The summed E-state index contributed by atoms with van der Waals surface area (Å²) < 4.78 is 27.9. The SMILES string of the molecule is CCN(C(=O)OC(C)(C)C)C1CCN(C(=O)c2ccc(NC(=O)Nc3ccc(-c4cc(N5CCOCC5)cc(N5CCOCC5)c4)cc3)cc2)CC1.CCNC1CCN(C(=O)c2ccc(NC(=O)Nc3ccc(-c4cc(N5CCOCC5)cc(N5CCOCC5)c4)cc3)cc2)CC1. The molecule has 12 rings (SSSR count). The standard InChI is InChI=1S/C40H52N6O6.C35H44N6O4/c1-5-46(39(49)52-40(2,3)4)34-14-16-45(17-15-34)37(47)30-8-12-33(13-9-30)42-38(48)41-32-10-6-29(7-11-32)31-26-35(43-18-22-50-23-19-43)28-36(27-31)44-20-24-51-25-21-44;1-2-36-29-11-13-41(14-12-29)34(42)27-5-9-31(10-6-27)38-35(43)37-30-7-3-26(4-8-30)28-23-32(39-15-19-44-20-16-39)25-33(24-28)40-17-21-45-22-18-40/h6-13,26-28,34H,5,14-25H2,1-4H3,(H2,41,42,48);3-10,23-25,29,36H,2,11-22H2,1H3,(H2,37,38,43). The van der Waals surface area contributed by atoms with Crippen LogP contribution in [0.25, 0.3) is 22.3 Å². The number of urea groups is 2. The minimum Gasteiger partial charge on any atom is -0.444 e. The Bertz CT molecular complexity index is 3500. The van der Waals surface area contributed by atoms with Gasteiger partial charge in [-0.25, -0.2) is 14.4 Å². The molecule has 5 N–H and O–H groups in total. The molecule has 6 aliphatic rings. The first kappa shape index (κ1) is 69.4. The maximum absolute atomic E-state index is 13.3. The van der Waals surface area contributed by atoms with Crippen LogP contribution in [-0.2, 0) is 23.7 Å². The van der Waals surface area contributed by atoms with Crippen LogP contribution in [-0.4, -0.2) is 207 Å². The highest BCUT2D eigenvalue weighted by Gasteiger charge is 2.32. The molecule has 6 aromatic carbocycles. The number of carbonyl (C=O) groups is 5. The Balaban J connectivity index is 0.000000199. The van der Waals surface area contributed by atoms with Crippen molar-refractivity contribution in [3.05, 3.63) is 145 Å². The van der Waals surface area contributed by atoms with E-state index in [-0.39, 0.29) is 36.0 Å². The summed E-state index contributed by atoms with van der Waals surface area (Å²) in [7, 11) is 0. The summed E-state index contributed by atoms with van der Waals surface area (Å²) in [5.41, 5.74) is 12.3. The molecular formula is C75H96N12O10. The summed E-state index contributed by atoms with van der Waals surface area (Å²) in [6.07, 6.45) is 3.01.